The summed E-state index contributed by atoms with van der Waals surface area (Å²) >= 11 is 0. The summed E-state index contributed by atoms with van der Waals surface area (Å²) in [7, 11) is 0. The Kier molecular flexibility index (Phi) is 2.45. The molecule has 0 amide bonds. The van der Waals surface area contributed by atoms with E-state index in [0.717, 1.165) is 5.69 Å². The first-order valence-electron chi connectivity index (χ1n) is 4.34. The van der Waals surface area contributed by atoms with E-state index in [0.29, 0.717) is 5.69 Å². The molecule has 0 aromatic heterocycles. The fourth-order valence-electron chi connectivity index (χ4n) is 1.19. The summed E-state index contributed by atoms with van der Waals surface area (Å²) in [5, 5.41) is 2.97. The largest absolute Gasteiger partial charge is 0.353 e. The number of hydrogen-bond donors (Lipinski definition) is 1. The van der Waals surface area contributed by atoms with Gasteiger partial charge in [-0.15, -0.1) is 0 Å². The molecule has 14 heavy (non-hydrogen) atoms. The van der Waals surface area contributed by atoms with Crippen molar-refractivity contribution in [2.45, 2.75) is 0 Å². The maximum absolute atomic E-state index is 13.2. The molecule has 2 aromatic carbocycles. The van der Waals surface area contributed by atoms with Crippen LogP contribution in [-0.4, -0.2) is 0 Å². The molecular weight excluding hydrogens is 177 g/mol. The zero-order valence-corrected chi connectivity index (χ0v) is 7.50. The molecule has 1 radical (unpaired) electrons. The second-order valence-corrected chi connectivity index (χ2v) is 2.89. The Morgan fingerprint density at radius 3 is 2.50 bits per heavy atom. The molecule has 2 aromatic rings. The van der Waals surface area contributed by atoms with Crippen LogP contribution >= 0.6 is 0 Å². The molecule has 1 nitrogen and oxygen atoms in total. The highest BCUT2D eigenvalue weighted by atomic mass is 19.1. The first-order chi connectivity index (χ1) is 6.86. The molecule has 0 heterocycles. The van der Waals surface area contributed by atoms with E-state index in [1.165, 1.54) is 0 Å². The van der Waals surface area contributed by atoms with Crippen LogP contribution in [0.1, 0.15) is 0 Å². The first kappa shape index (κ1) is 8.75. The molecule has 2 rings (SSSR count). The number of halogens is 1. The molecule has 0 aliphatic carbocycles. The minimum Gasteiger partial charge on any atom is -0.353 e. The van der Waals surface area contributed by atoms with Crippen molar-refractivity contribution >= 4 is 11.4 Å². The third-order valence-electron chi connectivity index (χ3n) is 1.86. The van der Waals surface area contributed by atoms with Gasteiger partial charge in [-0.2, -0.15) is 0 Å². The summed E-state index contributed by atoms with van der Waals surface area (Å²) in [6, 6.07) is 16.9. The Balaban J connectivity index is 2.24. The molecule has 0 fully saturated rings. The highest BCUT2D eigenvalue weighted by Gasteiger charge is 1.99. The maximum atomic E-state index is 13.2. The normalized spacial score (nSPS) is 9.79. The van der Waals surface area contributed by atoms with Gasteiger partial charge in [0.15, 0.2) is 5.82 Å². The lowest BCUT2D eigenvalue weighted by Gasteiger charge is -2.05. The average molecular weight is 186 g/mol. The Morgan fingerprint density at radius 1 is 1.00 bits per heavy atom. The van der Waals surface area contributed by atoms with E-state index in [4.69, 9.17) is 0 Å². The Hall–Kier alpha value is -1.83. The van der Waals surface area contributed by atoms with Crippen molar-refractivity contribution in [2.75, 3.05) is 5.32 Å². The third-order valence-corrected chi connectivity index (χ3v) is 1.86. The zero-order chi connectivity index (χ0) is 9.80. The second kappa shape index (κ2) is 3.92. The monoisotopic (exact) mass is 186 g/mol. The summed E-state index contributed by atoms with van der Waals surface area (Å²) in [4.78, 5) is 0. The van der Waals surface area contributed by atoms with E-state index in [9.17, 15) is 4.39 Å². The van der Waals surface area contributed by atoms with Gasteiger partial charge >= 0.3 is 0 Å². The summed E-state index contributed by atoms with van der Waals surface area (Å²) < 4.78 is 13.2. The predicted molar refractivity (Wildman–Crippen MR) is 55.0 cm³/mol. The van der Waals surface area contributed by atoms with Crippen molar-refractivity contribution in [1.29, 1.82) is 0 Å². The fraction of sp³-hybridized carbons (Fsp3) is 0. The van der Waals surface area contributed by atoms with E-state index in [-0.39, 0.29) is 5.82 Å². The van der Waals surface area contributed by atoms with Crippen LogP contribution in [0, 0.1) is 11.9 Å². The van der Waals surface area contributed by atoms with Crippen LogP contribution in [0.4, 0.5) is 15.8 Å². The molecule has 1 N–H and O–H groups in total. The number of hydrogen-bond acceptors (Lipinski definition) is 1. The van der Waals surface area contributed by atoms with Crippen LogP contribution in [0.25, 0.3) is 0 Å². The quantitative estimate of drug-likeness (QED) is 0.758. The lowest BCUT2D eigenvalue weighted by atomic mass is 10.2. The topological polar surface area (TPSA) is 12.0 Å². The minimum absolute atomic E-state index is 0.364. The van der Waals surface area contributed by atoms with Crippen molar-refractivity contribution in [3.63, 3.8) is 0 Å². The van der Waals surface area contributed by atoms with E-state index in [1.54, 1.807) is 18.2 Å². The minimum atomic E-state index is -0.364. The van der Waals surface area contributed by atoms with Crippen LogP contribution in [0.5, 0.6) is 0 Å². The lowest BCUT2D eigenvalue weighted by Crippen LogP contribution is -1.92. The van der Waals surface area contributed by atoms with E-state index in [2.05, 4.69) is 11.4 Å². The van der Waals surface area contributed by atoms with Gasteiger partial charge < -0.3 is 5.32 Å². The Morgan fingerprint density at radius 2 is 1.79 bits per heavy atom. The Labute approximate surface area is 82.2 Å². The van der Waals surface area contributed by atoms with Crippen LogP contribution < -0.4 is 5.32 Å². The summed E-state index contributed by atoms with van der Waals surface area (Å²) in [6.45, 7) is 0. The van der Waals surface area contributed by atoms with Crippen LogP contribution in [0.2, 0.25) is 0 Å². The van der Waals surface area contributed by atoms with E-state index in [1.807, 2.05) is 30.3 Å². The summed E-state index contributed by atoms with van der Waals surface area (Å²) in [5.41, 5.74) is 1.31. The SMILES string of the molecule is Fc1[c]cccc1Nc1ccccc1. The number of rotatable bonds is 2. The molecule has 0 saturated carbocycles. The molecule has 0 atom stereocenters. The van der Waals surface area contributed by atoms with Gasteiger partial charge in [-0.05, 0) is 18.2 Å². The number of para-hydroxylation sites is 1. The second-order valence-electron chi connectivity index (χ2n) is 2.89. The molecule has 2 heteroatoms. The van der Waals surface area contributed by atoms with Gasteiger partial charge in [0.05, 0.1) is 5.69 Å². The lowest BCUT2D eigenvalue weighted by molar-refractivity contribution is 0.629. The standard InChI is InChI=1S/C12H9FN/c13-11-8-4-5-9-12(11)14-10-6-2-1-3-7-10/h1-7,9,14H. The van der Waals surface area contributed by atoms with Crippen molar-refractivity contribution in [3.8, 4) is 0 Å². The summed E-state index contributed by atoms with van der Waals surface area (Å²) in [6.07, 6.45) is 0. The third kappa shape index (κ3) is 1.91. The van der Waals surface area contributed by atoms with Gasteiger partial charge in [0, 0.05) is 11.8 Å². The highest BCUT2D eigenvalue weighted by Crippen LogP contribution is 2.18. The van der Waals surface area contributed by atoms with Gasteiger partial charge in [-0.3, -0.25) is 0 Å². The molecule has 69 valence electrons. The van der Waals surface area contributed by atoms with Crippen molar-refractivity contribution in [2.24, 2.45) is 0 Å². The van der Waals surface area contributed by atoms with E-state index >= 15 is 0 Å². The van der Waals surface area contributed by atoms with Crippen LogP contribution in [-0.2, 0) is 0 Å². The van der Waals surface area contributed by atoms with Crippen molar-refractivity contribution in [3.05, 3.63) is 60.4 Å². The van der Waals surface area contributed by atoms with Crippen molar-refractivity contribution < 1.29 is 4.39 Å². The highest BCUT2D eigenvalue weighted by molar-refractivity contribution is 5.59. The zero-order valence-electron chi connectivity index (χ0n) is 7.50. The van der Waals surface area contributed by atoms with Crippen LogP contribution in [0.3, 0.4) is 0 Å². The Bertz CT molecular complexity index is 412. The number of nitrogens with one attached hydrogen (secondary N) is 1. The maximum Gasteiger partial charge on any atom is 0.154 e. The molecule has 0 bridgehead atoms. The molecular formula is C12H9FN. The molecule has 0 aliphatic rings. The summed E-state index contributed by atoms with van der Waals surface area (Å²) in [5.74, 6) is -0.364. The average Bonchev–Trinajstić information content (AvgIpc) is 2.23. The van der Waals surface area contributed by atoms with Crippen molar-refractivity contribution in [1.82, 2.24) is 0 Å². The predicted octanol–water partition coefficient (Wildman–Crippen LogP) is 3.37. The van der Waals surface area contributed by atoms with Gasteiger partial charge in [0.25, 0.3) is 0 Å². The number of benzene rings is 2. The van der Waals surface area contributed by atoms with Gasteiger partial charge in [0.1, 0.15) is 0 Å². The smallest absolute Gasteiger partial charge is 0.154 e. The molecule has 0 saturated heterocycles. The van der Waals surface area contributed by atoms with Crippen LogP contribution in [0.15, 0.2) is 48.5 Å². The first-order valence-corrected chi connectivity index (χ1v) is 4.34. The fourth-order valence-corrected chi connectivity index (χ4v) is 1.19. The molecule has 0 aliphatic heterocycles. The molecule has 0 spiro atoms. The molecule has 0 unspecified atom stereocenters. The van der Waals surface area contributed by atoms with Gasteiger partial charge in [0.2, 0.25) is 0 Å². The number of anilines is 2. The van der Waals surface area contributed by atoms with Gasteiger partial charge in [-0.25, -0.2) is 4.39 Å². The van der Waals surface area contributed by atoms with Gasteiger partial charge in [-0.1, -0.05) is 30.3 Å². The van der Waals surface area contributed by atoms with E-state index < -0.39 is 0 Å².